The van der Waals surface area contributed by atoms with Crippen LogP contribution in [0.3, 0.4) is 0 Å². The highest BCUT2D eigenvalue weighted by molar-refractivity contribution is 6.19. The standard InChI is InChI=1S/C50H32N5/c1-4-13-41-36(10-1)39-31-46-40(30-42(39)50(41,47-17-8-27-51-47)48-18-9-28-52-48)37-11-2-5-14-43(37)55(46)35-25-21-33(22-26-35)32-19-23-34(24-20-32)54-44-15-6-3-12-38(44)49-45(54)16-7-29-53-49/h1-31,51H/q+1. The van der Waals surface area contributed by atoms with E-state index in [1.807, 2.05) is 30.8 Å². The summed E-state index contributed by atoms with van der Waals surface area (Å²) in [4.78, 5) is 8.32. The SMILES string of the molecule is C1=CC(C2(c3ccc[nH]3)c3ccccc3-c3cc4c(cc32)c2ccccc2n4-c2ccc(-c3ccc(-n4c5ccccc5c5ncccc54)cc3)cc2)=[N+]=C1. The van der Waals surface area contributed by atoms with Crippen LogP contribution in [0.15, 0.2) is 182 Å². The van der Waals surface area contributed by atoms with E-state index in [-0.39, 0.29) is 0 Å². The van der Waals surface area contributed by atoms with E-state index >= 15 is 0 Å². The molecule has 0 fully saturated rings. The monoisotopic (exact) mass is 702 g/mol. The Morgan fingerprint density at radius 3 is 1.93 bits per heavy atom. The van der Waals surface area contributed by atoms with Crippen molar-refractivity contribution in [3.63, 3.8) is 0 Å². The minimum atomic E-state index is -0.550. The van der Waals surface area contributed by atoms with E-state index in [1.54, 1.807) is 0 Å². The lowest BCUT2D eigenvalue weighted by atomic mass is 9.71. The van der Waals surface area contributed by atoms with Gasteiger partial charge in [0.2, 0.25) is 0 Å². The number of para-hydroxylation sites is 2. The normalized spacial score (nSPS) is 15.7. The zero-order chi connectivity index (χ0) is 36.1. The van der Waals surface area contributed by atoms with Crippen molar-refractivity contribution < 1.29 is 0 Å². The first-order valence-electron chi connectivity index (χ1n) is 18.7. The van der Waals surface area contributed by atoms with Crippen molar-refractivity contribution in [1.29, 1.82) is 0 Å². The Hall–Kier alpha value is -7.46. The molecule has 5 heterocycles. The van der Waals surface area contributed by atoms with Crippen molar-refractivity contribution >= 4 is 55.7 Å². The molecule has 10 aromatic rings. The van der Waals surface area contributed by atoms with Crippen molar-refractivity contribution in [2.75, 3.05) is 0 Å². The second-order valence-corrected chi connectivity index (χ2v) is 14.5. The Balaban J connectivity index is 0.995. The number of nitrogens with zero attached hydrogens (tertiary/aromatic N) is 4. The zero-order valence-corrected chi connectivity index (χ0v) is 29.7. The van der Waals surface area contributed by atoms with Gasteiger partial charge >= 0.3 is 5.71 Å². The van der Waals surface area contributed by atoms with Gasteiger partial charge in [0.15, 0.2) is 5.41 Å². The van der Waals surface area contributed by atoms with E-state index in [2.05, 4.69) is 172 Å². The topological polar surface area (TPSA) is 52.6 Å². The van der Waals surface area contributed by atoms with Crippen molar-refractivity contribution in [2.24, 2.45) is 0 Å². The van der Waals surface area contributed by atoms with Crippen LogP contribution in [-0.2, 0) is 5.41 Å². The first-order chi connectivity index (χ1) is 27.3. The summed E-state index contributed by atoms with van der Waals surface area (Å²) in [6, 6.07) is 57.3. The third-order valence-electron chi connectivity index (χ3n) is 11.8. The molecule has 6 aromatic carbocycles. The van der Waals surface area contributed by atoms with Crippen LogP contribution in [0.1, 0.15) is 16.8 Å². The number of rotatable bonds is 5. The Kier molecular flexibility index (Phi) is 6.16. The van der Waals surface area contributed by atoms with Gasteiger partial charge in [-0.1, -0.05) is 89.6 Å². The maximum atomic E-state index is 4.97. The number of pyridine rings is 1. The minimum Gasteiger partial charge on any atom is -0.363 e. The van der Waals surface area contributed by atoms with Gasteiger partial charge in [-0.2, -0.15) is 0 Å². The third-order valence-corrected chi connectivity index (χ3v) is 11.8. The average Bonchev–Trinajstić information content (AvgIpc) is 4.10. The van der Waals surface area contributed by atoms with Gasteiger partial charge in [-0.3, -0.25) is 4.98 Å². The zero-order valence-electron chi connectivity index (χ0n) is 29.7. The number of aromatic amines is 1. The lowest BCUT2D eigenvalue weighted by Gasteiger charge is -2.25. The predicted molar refractivity (Wildman–Crippen MR) is 227 cm³/mol. The van der Waals surface area contributed by atoms with E-state index < -0.39 is 5.41 Å². The number of allylic oxidation sites excluding steroid dienone is 2. The fraction of sp³-hybridized carbons (Fsp3) is 0.0200. The first-order valence-corrected chi connectivity index (χ1v) is 18.7. The summed E-state index contributed by atoms with van der Waals surface area (Å²) in [5, 5.41) is 3.62. The van der Waals surface area contributed by atoms with Crippen molar-refractivity contribution in [2.45, 2.75) is 5.41 Å². The molecule has 1 unspecified atom stereocenters. The smallest absolute Gasteiger partial charge is 0.324 e. The van der Waals surface area contributed by atoms with E-state index in [4.69, 9.17) is 9.65 Å². The van der Waals surface area contributed by atoms with Crippen LogP contribution >= 0.6 is 0 Å². The summed E-state index contributed by atoms with van der Waals surface area (Å²) in [5.74, 6) is 0. The number of fused-ring (bicyclic) bond motifs is 9. The Bertz CT molecular complexity index is 3220. The van der Waals surface area contributed by atoms with Gasteiger partial charge in [-0.25, -0.2) is 0 Å². The van der Waals surface area contributed by atoms with Crippen LogP contribution in [0.4, 0.5) is 0 Å². The number of nitrogens with one attached hydrogen (secondary N) is 1. The molecule has 5 nitrogen and oxygen atoms in total. The van der Waals surface area contributed by atoms with Crippen molar-refractivity contribution in [3.8, 4) is 33.6 Å². The summed E-state index contributed by atoms with van der Waals surface area (Å²) < 4.78 is 9.69. The van der Waals surface area contributed by atoms with Gasteiger partial charge in [0.25, 0.3) is 6.21 Å². The minimum absolute atomic E-state index is 0.550. The van der Waals surface area contributed by atoms with Gasteiger partial charge in [0.1, 0.15) is 0 Å². The van der Waals surface area contributed by atoms with Gasteiger partial charge in [-0.05, 0) is 106 Å². The van der Waals surface area contributed by atoms with E-state index in [1.165, 1.54) is 55.2 Å². The van der Waals surface area contributed by atoms with Gasteiger partial charge in [0, 0.05) is 57.8 Å². The quantitative estimate of drug-likeness (QED) is 0.178. The molecule has 256 valence electrons. The van der Waals surface area contributed by atoms with E-state index in [0.29, 0.717) is 0 Å². The van der Waals surface area contributed by atoms with Gasteiger partial charge in [-0.15, -0.1) is 0 Å². The molecule has 0 saturated heterocycles. The van der Waals surface area contributed by atoms with Crippen LogP contribution in [0.25, 0.3) is 77.4 Å². The number of H-pyrrole nitrogens is 1. The molecular formula is C50H32N5+. The average molecular weight is 703 g/mol. The molecule has 2 aliphatic rings. The first kappa shape index (κ1) is 30.0. The van der Waals surface area contributed by atoms with E-state index in [0.717, 1.165) is 44.7 Å². The highest BCUT2D eigenvalue weighted by Crippen LogP contribution is 2.54. The number of hydrogen-bond donors (Lipinski definition) is 1. The molecule has 0 radical (unpaired) electrons. The summed E-state index contributed by atoms with van der Waals surface area (Å²) in [7, 11) is 0. The summed E-state index contributed by atoms with van der Waals surface area (Å²) in [5.41, 5.74) is 16.8. The molecule has 55 heavy (non-hydrogen) atoms. The van der Waals surface area contributed by atoms with E-state index in [9.17, 15) is 0 Å². The molecule has 1 aliphatic heterocycles. The lowest BCUT2D eigenvalue weighted by Crippen LogP contribution is -2.36. The van der Waals surface area contributed by atoms with Crippen LogP contribution in [0.2, 0.25) is 0 Å². The summed E-state index contributed by atoms with van der Waals surface area (Å²) in [6.07, 6.45) is 10.0. The molecule has 1 aliphatic carbocycles. The molecule has 12 rings (SSSR count). The fourth-order valence-corrected chi connectivity index (χ4v) is 9.47. The third kappa shape index (κ3) is 4.07. The molecule has 0 bridgehead atoms. The van der Waals surface area contributed by atoms with Crippen LogP contribution < -0.4 is 4.67 Å². The molecule has 0 spiro atoms. The van der Waals surface area contributed by atoms with Crippen LogP contribution in [0.5, 0.6) is 0 Å². The predicted octanol–water partition coefficient (Wildman–Crippen LogP) is 10.7. The Morgan fingerprint density at radius 1 is 0.527 bits per heavy atom. The maximum absolute atomic E-state index is 4.97. The lowest BCUT2D eigenvalue weighted by molar-refractivity contribution is 0.826. The largest absolute Gasteiger partial charge is 0.363 e. The molecule has 1 atom stereocenters. The second kappa shape index (κ2) is 11.3. The second-order valence-electron chi connectivity index (χ2n) is 14.5. The van der Waals surface area contributed by atoms with Crippen LogP contribution in [0, 0.1) is 0 Å². The summed E-state index contributed by atoms with van der Waals surface area (Å²) in [6.45, 7) is 0. The number of hydrogen-bond acceptors (Lipinski definition) is 1. The van der Waals surface area contributed by atoms with Crippen molar-refractivity contribution in [3.05, 3.63) is 199 Å². The number of benzene rings is 6. The molecule has 5 heteroatoms. The summed E-state index contributed by atoms with van der Waals surface area (Å²) >= 11 is 0. The highest BCUT2D eigenvalue weighted by atomic mass is 15.0. The fourth-order valence-electron chi connectivity index (χ4n) is 9.47. The number of aromatic nitrogens is 4. The van der Waals surface area contributed by atoms with Gasteiger partial charge < -0.3 is 14.1 Å². The van der Waals surface area contributed by atoms with Crippen LogP contribution in [-0.4, -0.2) is 31.0 Å². The molecule has 4 aromatic heterocycles. The Labute approximate surface area is 316 Å². The van der Waals surface area contributed by atoms with Crippen molar-refractivity contribution in [1.82, 2.24) is 23.8 Å². The molecule has 0 saturated carbocycles. The van der Waals surface area contributed by atoms with Gasteiger partial charge in [0.05, 0.1) is 27.6 Å². The molecular weight excluding hydrogens is 671 g/mol. The molecule has 1 N–H and O–H groups in total. The highest BCUT2D eigenvalue weighted by Gasteiger charge is 2.54. The Morgan fingerprint density at radius 2 is 1.20 bits per heavy atom. The maximum Gasteiger partial charge on any atom is 0.324 e. The molecule has 0 amide bonds.